The van der Waals surface area contributed by atoms with Crippen molar-refractivity contribution in [2.24, 2.45) is 4.99 Å². The number of nitriles is 1. The van der Waals surface area contributed by atoms with Crippen molar-refractivity contribution < 1.29 is 29.0 Å². The van der Waals surface area contributed by atoms with Gasteiger partial charge in [0, 0.05) is 104 Å². The minimum absolute atomic E-state index is 0.0424. The summed E-state index contributed by atoms with van der Waals surface area (Å²) >= 11 is 0. The van der Waals surface area contributed by atoms with E-state index in [-0.39, 0.29) is 30.2 Å². The summed E-state index contributed by atoms with van der Waals surface area (Å²) in [6.07, 6.45) is 4.68. The minimum atomic E-state index is -0.457. The fraction of sp³-hybridized carbons (Fsp3) is 0.359. The van der Waals surface area contributed by atoms with Gasteiger partial charge in [0.25, 0.3) is 0 Å². The summed E-state index contributed by atoms with van der Waals surface area (Å²) in [5.41, 5.74) is 8.93. The second kappa shape index (κ2) is 25.4. The standard InChI is InChI=1S/C33H39N7O2.C31H33N5O4/c1-4-30(41)40-19-18-39(20-25(40)13-15-34)32-27-14-17-38(29-12-6-10-24-9-5-8-23(2)31(24)29)21-28(27)35-33(36-32)42-22-26-11-7-16-37(26)3;1-34-15-17-36(18-16-34)20-27(37)35(2)24-12-10-23(11-13-24)32-29(21-7-5-4-6-8-21)28-25-14-9-22(31(39)40-3)19-26(25)33-30(28)38/h4-6,8-10,12,25-26H,1,7,11,13-14,16-22H2,2-3H3;4-14,19,33,38H,15-18,20H2,1-3H3. The van der Waals surface area contributed by atoms with E-state index in [9.17, 15) is 24.8 Å². The van der Waals surface area contributed by atoms with Crippen molar-refractivity contribution >= 4 is 68.1 Å². The summed E-state index contributed by atoms with van der Waals surface area (Å²) in [7, 11) is 7.36. The number of fused-ring (bicyclic) bond motifs is 3. The average molecular weight is 1110 g/mol. The number of carbonyl (C=O) groups excluding carboxylic acids is 3. The minimum Gasteiger partial charge on any atom is -0.494 e. The molecule has 18 heteroatoms. The summed E-state index contributed by atoms with van der Waals surface area (Å²) in [5, 5.41) is 23.7. The molecule has 4 aliphatic heterocycles. The molecular formula is C64H72N12O6. The Morgan fingerprint density at radius 1 is 0.878 bits per heavy atom. The van der Waals surface area contributed by atoms with Crippen LogP contribution in [-0.4, -0.2) is 176 Å². The molecule has 5 aromatic carbocycles. The molecule has 0 aliphatic carbocycles. The van der Waals surface area contributed by atoms with E-state index in [0.29, 0.717) is 79.4 Å². The fourth-order valence-corrected chi connectivity index (χ4v) is 11.6. The second-order valence-electron chi connectivity index (χ2n) is 21.6. The molecule has 0 bridgehead atoms. The fourth-order valence-electron chi connectivity index (χ4n) is 11.6. The molecule has 11 rings (SSSR count). The number of likely N-dealkylation sites (tertiary alicyclic amines) is 1. The van der Waals surface area contributed by atoms with Crippen LogP contribution in [0, 0.1) is 18.3 Å². The second-order valence-corrected chi connectivity index (χ2v) is 21.6. The number of nitrogens with one attached hydrogen (secondary N) is 1. The molecular weight excluding hydrogens is 1030 g/mol. The number of piperazine rings is 2. The van der Waals surface area contributed by atoms with Gasteiger partial charge in [-0.15, -0.1) is 0 Å². The molecule has 0 radical (unpaired) electrons. The van der Waals surface area contributed by atoms with Crippen LogP contribution < -0.4 is 19.4 Å². The van der Waals surface area contributed by atoms with Crippen molar-refractivity contribution in [1.82, 2.24) is 34.6 Å². The number of rotatable bonds is 14. The molecule has 18 nitrogen and oxygen atoms in total. The van der Waals surface area contributed by atoms with Crippen LogP contribution in [0.5, 0.6) is 11.9 Å². The summed E-state index contributed by atoms with van der Waals surface area (Å²) < 4.78 is 11.1. The average Bonchev–Trinajstić information content (AvgIpc) is 4.16. The molecule has 82 heavy (non-hydrogen) atoms. The van der Waals surface area contributed by atoms with Crippen molar-refractivity contribution in [2.45, 2.75) is 51.2 Å². The summed E-state index contributed by atoms with van der Waals surface area (Å²) in [6.45, 7) is 14.7. The SMILES string of the molecule is C=CC(=O)N1CCN(c2nc(OCC3CCCN3C)nc3c2CCN(c2cccc4cccc(C)c24)C3)CC1CC#N.COC(=O)c1ccc2c(C(=Nc3ccc(N(C)C(=O)CN4CCN(C)CC4)cc3)c3ccccc3)c(O)[nH]c2c1. The number of methoxy groups -OCH3 is 1. The van der Waals surface area contributed by atoms with Gasteiger partial charge in [-0.3, -0.25) is 14.5 Å². The molecule has 0 spiro atoms. The lowest BCUT2D eigenvalue weighted by molar-refractivity contribution is -0.128. The van der Waals surface area contributed by atoms with E-state index in [2.05, 4.69) is 99.5 Å². The van der Waals surface area contributed by atoms with Crippen LogP contribution in [0.15, 0.2) is 127 Å². The van der Waals surface area contributed by atoms with E-state index >= 15 is 0 Å². The maximum atomic E-state index is 12.9. The number of benzene rings is 5. The molecule has 3 fully saturated rings. The van der Waals surface area contributed by atoms with E-state index in [1.54, 1.807) is 35.0 Å². The molecule has 2 unspecified atom stereocenters. The Bertz CT molecular complexity index is 3530. The Morgan fingerprint density at radius 3 is 2.37 bits per heavy atom. The molecule has 2 atom stereocenters. The van der Waals surface area contributed by atoms with Crippen LogP contribution in [0.4, 0.5) is 22.9 Å². The Morgan fingerprint density at radius 2 is 1.65 bits per heavy atom. The highest BCUT2D eigenvalue weighted by Crippen LogP contribution is 2.37. The van der Waals surface area contributed by atoms with Gasteiger partial charge in [0.2, 0.25) is 11.8 Å². The topological polar surface area (TPSA) is 190 Å². The van der Waals surface area contributed by atoms with Crippen molar-refractivity contribution in [1.29, 1.82) is 5.26 Å². The Balaban J connectivity index is 0.000000184. The summed E-state index contributed by atoms with van der Waals surface area (Å²) in [4.78, 5) is 70.2. The number of hydrogen-bond acceptors (Lipinski definition) is 15. The van der Waals surface area contributed by atoms with Gasteiger partial charge in [-0.25, -0.2) is 9.79 Å². The van der Waals surface area contributed by atoms with Gasteiger partial charge in [-0.1, -0.05) is 73.3 Å². The lowest BCUT2D eigenvalue weighted by Crippen LogP contribution is -2.55. The number of aliphatic imine (C=N–C) groups is 1. The number of aromatic nitrogens is 3. The van der Waals surface area contributed by atoms with Gasteiger partial charge in [-0.2, -0.15) is 15.2 Å². The number of esters is 1. The first kappa shape index (κ1) is 56.6. The van der Waals surface area contributed by atoms with Gasteiger partial charge in [-0.05, 0) is 106 Å². The number of aromatic hydroxyl groups is 1. The van der Waals surface area contributed by atoms with E-state index in [1.165, 1.54) is 41.6 Å². The van der Waals surface area contributed by atoms with Crippen molar-refractivity contribution in [3.63, 3.8) is 0 Å². The predicted octanol–water partition coefficient (Wildman–Crippen LogP) is 8.13. The zero-order chi connectivity index (χ0) is 57.4. The highest BCUT2D eigenvalue weighted by atomic mass is 16.5. The number of H-pyrrole nitrogens is 1. The van der Waals surface area contributed by atoms with Crippen LogP contribution >= 0.6 is 0 Å². The largest absolute Gasteiger partial charge is 0.494 e. The van der Waals surface area contributed by atoms with Gasteiger partial charge in [0.1, 0.15) is 12.4 Å². The molecule has 2 amide bonds. The van der Waals surface area contributed by atoms with Gasteiger partial charge < -0.3 is 49.0 Å². The van der Waals surface area contributed by atoms with Crippen molar-refractivity contribution in [2.75, 3.05) is 115 Å². The molecule has 3 saturated heterocycles. The molecule has 2 aromatic heterocycles. The predicted molar refractivity (Wildman–Crippen MR) is 322 cm³/mol. The zero-order valence-corrected chi connectivity index (χ0v) is 47.6. The number of anilines is 3. The van der Waals surface area contributed by atoms with Gasteiger partial charge >= 0.3 is 12.0 Å². The van der Waals surface area contributed by atoms with E-state index in [4.69, 9.17) is 24.4 Å². The Kier molecular flexibility index (Phi) is 17.6. The molecule has 6 heterocycles. The monoisotopic (exact) mass is 1100 g/mol. The maximum absolute atomic E-state index is 12.9. The highest BCUT2D eigenvalue weighted by Gasteiger charge is 2.34. The number of aromatic amines is 1. The Labute approximate surface area is 479 Å². The van der Waals surface area contributed by atoms with Crippen LogP contribution in [0.2, 0.25) is 0 Å². The smallest absolute Gasteiger partial charge is 0.337 e. The molecule has 2 N–H and O–H groups in total. The summed E-state index contributed by atoms with van der Waals surface area (Å²) in [6, 6.07) is 37.9. The number of amides is 2. The molecule has 0 saturated carbocycles. The number of likely N-dealkylation sites (N-methyl/N-ethyl adjacent to an activating group) is 3. The van der Waals surface area contributed by atoms with Crippen LogP contribution in [0.25, 0.3) is 21.7 Å². The number of carbonyl (C=O) groups is 3. The van der Waals surface area contributed by atoms with Crippen LogP contribution in [-0.2, 0) is 27.3 Å². The molecule has 4 aliphatic rings. The van der Waals surface area contributed by atoms with E-state index in [1.807, 2.05) is 54.6 Å². The maximum Gasteiger partial charge on any atom is 0.337 e. The first-order valence-electron chi connectivity index (χ1n) is 28.2. The van der Waals surface area contributed by atoms with Gasteiger partial charge in [0.15, 0.2) is 5.88 Å². The third kappa shape index (κ3) is 12.5. The van der Waals surface area contributed by atoms with Crippen molar-refractivity contribution in [3.8, 4) is 18.0 Å². The van der Waals surface area contributed by atoms with E-state index < -0.39 is 5.97 Å². The lowest BCUT2D eigenvalue weighted by atomic mass is 9.99. The van der Waals surface area contributed by atoms with Crippen molar-refractivity contribution in [3.05, 3.63) is 155 Å². The van der Waals surface area contributed by atoms with Crippen LogP contribution in [0.1, 0.15) is 57.6 Å². The van der Waals surface area contributed by atoms with Gasteiger partial charge in [0.05, 0.1) is 67.0 Å². The zero-order valence-electron chi connectivity index (χ0n) is 47.6. The normalized spacial score (nSPS) is 17.9. The first-order chi connectivity index (χ1) is 39.8. The third-order valence-corrected chi connectivity index (χ3v) is 16.4. The van der Waals surface area contributed by atoms with E-state index in [0.717, 1.165) is 85.8 Å². The Hall–Kier alpha value is -8.63. The first-order valence-corrected chi connectivity index (χ1v) is 28.2. The van der Waals surface area contributed by atoms with Crippen LogP contribution in [0.3, 0.4) is 0 Å². The number of ether oxygens (including phenoxy) is 2. The number of aryl methyl sites for hydroxylation is 1. The third-order valence-electron chi connectivity index (χ3n) is 16.4. The highest BCUT2D eigenvalue weighted by molar-refractivity contribution is 6.22. The molecule has 424 valence electrons. The number of hydrogen-bond donors (Lipinski definition) is 2. The quantitative estimate of drug-likeness (QED) is 0.0603. The summed E-state index contributed by atoms with van der Waals surface area (Å²) in [5.74, 6) is 0.273. The molecule has 7 aromatic rings. The number of nitrogens with zero attached hydrogens (tertiary/aromatic N) is 11. The lowest BCUT2D eigenvalue weighted by Gasteiger charge is -2.42.